The zero-order chi connectivity index (χ0) is 10.4. The lowest BCUT2D eigenvalue weighted by Crippen LogP contribution is -2.03. The Morgan fingerprint density at radius 3 is 3.00 bits per heavy atom. The van der Waals surface area contributed by atoms with Gasteiger partial charge in [0.2, 0.25) is 0 Å². The monoisotopic (exact) mass is 214 g/mol. The number of halogens is 1. The molecule has 0 radical (unpaired) electrons. The number of ether oxygens (including phenoxy) is 1. The van der Waals surface area contributed by atoms with E-state index in [0.717, 1.165) is 5.75 Å². The van der Waals surface area contributed by atoms with Gasteiger partial charge in [0, 0.05) is 5.75 Å². The topological polar surface area (TPSA) is 26.3 Å². The van der Waals surface area contributed by atoms with E-state index in [2.05, 4.69) is 0 Å². The van der Waals surface area contributed by atoms with Gasteiger partial charge in [-0.05, 0) is 18.4 Å². The van der Waals surface area contributed by atoms with Crippen LogP contribution in [0.1, 0.15) is 10.4 Å². The number of hydrogen-bond donors (Lipinski definition) is 0. The maximum absolute atomic E-state index is 13.2. The van der Waals surface area contributed by atoms with Crippen LogP contribution in [0.5, 0.6) is 5.75 Å². The van der Waals surface area contributed by atoms with Crippen LogP contribution < -0.4 is 4.74 Å². The molecule has 0 bridgehead atoms. The van der Waals surface area contributed by atoms with E-state index < -0.39 is 5.82 Å². The molecule has 0 aliphatic rings. The number of carbonyl (C=O) groups is 1. The van der Waals surface area contributed by atoms with Gasteiger partial charge in [0.1, 0.15) is 0 Å². The zero-order valence-electron chi connectivity index (χ0n) is 7.83. The minimum absolute atomic E-state index is 0.0524. The van der Waals surface area contributed by atoms with E-state index in [-0.39, 0.29) is 11.3 Å². The van der Waals surface area contributed by atoms with Crippen molar-refractivity contribution >= 4 is 18.0 Å². The van der Waals surface area contributed by atoms with Gasteiger partial charge in [-0.2, -0.15) is 11.8 Å². The average Bonchev–Trinajstić information content (AvgIpc) is 2.20. The maximum Gasteiger partial charge on any atom is 0.165 e. The molecule has 0 atom stereocenters. The normalized spacial score (nSPS) is 9.86. The Bertz CT molecular complexity index is 315. The van der Waals surface area contributed by atoms with Gasteiger partial charge < -0.3 is 4.74 Å². The molecule has 1 rings (SSSR count). The van der Waals surface area contributed by atoms with Crippen molar-refractivity contribution in [3.63, 3.8) is 0 Å². The largest absolute Gasteiger partial charge is 0.489 e. The van der Waals surface area contributed by atoms with Gasteiger partial charge in [-0.25, -0.2) is 4.39 Å². The van der Waals surface area contributed by atoms with Crippen molar-refractivity contribution in [2.45, 2.75) is 0 Å². The third kappa shape index (κ3) is 2.73. The van der Waals surface area contributed by atoms with Crippen molar-refractivity contribution in [3.05, 3.63) is 29.6 Å². The third-order valence-electron chi connectivity index (χ3n) is 1.66. The molecule has 4 heteroatoms. The predicted octanol–water partition coefficient (Wildman–Crippen LogP) is 2.38. The van der Waals surface area contributed by atoms with E-state index >= 15 is 0 Å². The number of para-hydroxylation sites is 1. The standard InChI is InChI=1S/C10H11FO2S/c1-14-6-5-13-10-8(7-12)3-2-4-9(10)11/h2-4,7H,5-6H2,1H3. The van der Waals surface area contributed by atoms with Gasteiger partial charge in [-0.1, -0.05) is 6.07 Å². The molecular weight excluding hydrogens is 203 g/mol. The summed E-state index contributed by atoms with van der Waals surface area (Å²) in [5, 5.41) is 0. The molecule has 0 spiro atoms. The van der Waals surface area contributed by atoms with Gasteiger partial charge in [0.05, 0.1) is 12.2 Å². The van der Waals surface area contributed by atoms with Crippen LogP contribution in [0.25, 0.3) is 0 Å². The quantitative estimate of drug-likeness (QED) is 0.556. The minimum Gasteiger partial charge on any atom is -0.489 e. The maximum atomic E-state index is 13.2. The van der Waals surface area contributed by atoms with E-state index in [4.69, 9.17) is 4.74 Å². The van der Waals surface area contributed by atoms with Crippen molar-refractivity contribution in [1.29, 1.82) is 0 Å². The average molecular weight is 214 g/mol. The van der Waals surface area contributed by atoms with Crippen LogP contribution in [0.2, 0.25) is 0 Å². The molecule has 0 aromatic heterocycles. The van der Waals surface area contributed by atoms with Crippen LogP contribution in [0.15, 0.2) is 18.2 Å². The highest BCUT2D eigenvalue weighted by Gasteiger charge is 2.08. The van der Waals surface area contributed by atoms with Crippen molar-refractivity contribution in [2.24, 2.45) is 0 Å². The Morgan fingerprint density at radius 1 is 1.57 bits per heavy atom. The molecule has 0 saturated heterocycles. The summed E-state index contributed by atoms with van der Waals surface area (Å²) in [5.74, 6) is 0.333. The Hall–Kier alpha value is -1.03. The summed E-state index contributed by atoms with van der Waals surface area (Å²) in [4.78, 5) is 10.6. The van der Waals surface area contributed by atoms with Crippen molar-refractivity contribution < 1.29 is 13.9 Å². The van der Waals surface area contributed by atoms with Gasteiger partial charge >= 0.3 is 0 Å². The van der Waals surface area contributed by atoms with Gasteiger partial charge in [-0.15, -0.1) is 0 Å². The Morgan fingerprint density at radius 2 is 2.36 bits per heavy atom. The molecule has 2 nitrogen and oxygen atoms in total. The highest BCUT2D eigenvalue weighted by atomic mass is 32.2. The molecule has 0 fully saturated rings. The highest BCUT2D eigenvalue weighted by Crippen LogP contribution is 2.20. The first-order valence-electron chi connectivity index (χ1n) is 4.15. The predicted molar refractivity (Wildman–Crippen MR) is 55.7 cm³/mol. The first kappa shape index (κ1) is 11.0. The number of benzene rings is 1. The van der Waals surface area contributed by atoms with Crippen LogP contribution in [0.3, 0.4) is 0 Å². The SMILES string of the molecule is CSCCOc1c(F)cccc1C=O. The molecule has 76 valence electrons. The smallest absolute Gasteiger partial charge is 0.165 e. The molecule has 0 aliphatic heterocycles. The first-order chi connectivity index (χ1) is 6.79. The van der Waals surface area contributed by atoms with Crippen LogP contribution in [-0.2, 0) is 0 Å². The molecule has 0 unspecified atom stereocenters. The van der Waals surface area contributed by atoms with Crippen LogP contribution in [0.4, 0.5) is 4.39 Å². The van der Waals surface area contributed by atoms with Crippen molar-refractivity contribution in [2.75, 3.05) is 18.6 Å². The molecule has 1 aromatic carbocycles. The molecule has 0 saturated carbocycles. The lowest BCUT2D eigenvalue weighted by atomic mass is 10.2. The lowest BCUT2D eigenvalue weighted by Gasteiger charge is -2.07. The first-order valence-corrected chi connectivity index (χ1v) is 5.54. The molecular formula is C10H11FO2S. The van der Waals surface area contributed by atoms with E-state index in [9.17, 15) is 9.18 Å². The fourth-order valence-electron chi connectivity index (χ4n) is 0.998. The van der Waals surface area contributed by atoms with E-state index in [0.29, 0.717) is 12.9 Å². The zero-order valence-corrected chi connectivity index (χ0v) is 8.64. The van der Waals surface area contributed by atoms with Crippen molar-refractivity contribution in [1.82, 2.24) is 0 Å². The molecule has 0 amide bonds. The summed E-state index contributed by atoms with van der Waals surface area (Å²) in [6.07, 6.45) is 2.53. The molecule has 14 heavy (non-hydrogen) atoms. The number of hydrogen-bond acceptors (Lipinski definition) is 3. The molecule has 0 heterocycles. The van der Waals surface area contributed by atoms with Crippen molar-refractivity contribution in [3.8, 4) is 5.75 Å². The van der Waals surface area contributed by atoms with Gasteiger partial charge in [-0.3, -0.25) is 4.79 Å². The summed E-state index contributed by atoms with van der Waals surface area (Å²) < 4.78 is 18.3. The van der Waals surface area contributed by atoms with Crippen LogP contribution in [-0.4, -0.2) is 24.9 Å². The second kappa shape index (κ2) is 5.65. The molecule has 0 N–H and O–H groups in total. The van der Waals surface area contributed by atoms with E-state index in [1.54, 1.807) is 11.8 Å². The second-order valence-electron chi connectivity index (χ2n) is 2.62. The van der Waals surface area contributed by atoms with Crippen LogP contribution in [0, 0.1) is 5.82 Å². The fourth-order valence-corrected chi connectivity index (χ4v) is 1.25. The Balaban J connectivity index is 2.77. The second-order valence-corrected chi connectivity index (χ2v) is 3.60. The highest BCUT2D eigenvalue weighted by molar-refractivity contribution is 7.98. The minimum atomic E-state index is -0.490. The van der Waals surface area contributed by atoms with E-state index in [1.807, 2.05) is 6.26 Å². The van der Waals surface area contributed by atoms with Gasteiger partial charge in [0.15, 0.2) is 17.9 Å². The number of thioether (sulfide) groups is 1. The summed E-state index contributed by atoms with van der Waals surface area (Å²) in [5.41, 5.74) is 0.256. The molecule has 1 aromatic rings. The Labute approximate surface area is 86.5 Å². The molecule has 0 aliphatic carbocycles. The number of carbonyl (C=O) groups excluding carboxylic acids is 1. The summed E-state index contributed by atoms with van der Waals surface area (Å²) in [6.45, 7) is 0.406. The van der Waals surface area contributed by atoms with E-state index in [1.165, 1.54) is 18.2 Å². The third-order valence-corrected chi connectivity index (χ3v) is 2.23. The lowest BCUT2D eigenvalue weighted by molar-refractivity contribution is 0.111. The Kier molecular flexibility index (Phi) is 4.46. The summed E-state index contributed by atoms with van der Waals surface area (Å²) >= 11 is 1.60. The fraction of sp³-hybridized carbons (Fsp3) is 0.300. The number of rotatable bonds is 5. The van der Waals surface area contributed by atoms with Crippen LogP contribution >= 0.6 is 11.8 Å². The number of aldehydes is 1. The van der Waals surface area contributed by atoms with Gasteiger partial charge in [0.25, 0.3) is 0 Å². The summed E-state index contributed by atoms with van der Waals surface area (Å²) in [7, 11) is 0. The summed E-state index contributed by atoms with van der Waals surface area (Å²) in [6, 6.07) is 4.30.